The van der Waals surface area contributed by atoms with Crippen LogP contribution in [0.25, 0.3) is 0 Å². The first-order valence-electron chi connectivity index (χ1n) is 7.54. The van der Waals surface area contributed by atoms with Gasteiger partial charge in [-0.25, -0.2) is 0 Å². The van der Waals surface area contributed by atoms with Crippen molar-refractivity contribution in [1.29, 1.82) is 0 Å². The van der Waals surface area contributed by atoms with Gasteiger partial charge in [0.05, 0.1) is 18.5 Å². The molecule has 0 radical (unpaired) electrons. The second kappa shape index (κ2) is 7.74. The fourth-order valence-corrected chi connectivity index (χ4v) is 2.64. The first-order valence-corrected chi connectivity index (χ1v) is 7.54. The molecule has 2 atom stereocenters. The molecule has 2 heteroatoms. The molecule has 2 nitrogen and oxygen atoms in total. The lowest BCUT2D eigenvalue weighted by atomic mass is 9.81. The third kappa shape index (κ3) is 6.29. The molecule has 2 unspecified atom stereocenters. The van der Waals surface area contributed by atoms with E-state index in [2.05, 4.69) is 33.9 Å². The molecule has 110 valence electrons. The lowest BCUT2D eigenvalue weighted by molar-refractivity contribution is -0.0572. The summed E-state index contributed by atoms with van der Waals surface area (Å²) in [5.41, 5.74) is 1.54. The summed E-state index contributed by atoms with van der Waals surface area (Å²) in [6.45, 7) is 16.3. The quantitative estimate of drug-likeness (QED) is 0.461. The van der Waals surface area contributed by atoms with Crippen LogP contribution >= 0.6 is 0 Å². The number of ether oxygens (including phenoxy) is 2. The monoisotopic (exact) mass is 266 g/mol. The van der Waals surface area contributed by atoms with Crippen molar-refractivity contribution < 1.29 is 9.47 Å². The van der Waals surface area contributed by atoms with E-state index in [0.717, 1.165) is 51.1 Å². The Morgan fingerprint density at radius 1 is 1.32 bits per heavy atom. The highest BCUT2D eigenvalue weighted by Gasteiger charge is 2.31. The van der Waals surface area contributed by atoms with Crippen LogP contribution in [-0.4, -0.2) is 19.3 Å². The minimum absolute atomic E-state index is 0.237. The van der Waals surface area contributed by atoms with E-state index in [1.54, 1.807) is 0 Å². The molecule has 0 aliphatic carbocycles. The lowest BCUT2D eigenvalue weighted by Gasteiger charge is -2.36. The zero-order chi connectivity index (χ0) is 14.3. The molecular formula is C17H30O2. The molecular weight excluding hydrogens is 236 g/mol. The second-order valence-electron chi connectivity index (χ2n) is 6.27. The molecule has 0 spiro atoms. The molecule has 1 heterocycles. The Balaban J connectivity index is 2.24. The van der Waals surface area contributed by atoms with Crippen LogP contribution in [-0.2, 0) is 9.47 Å². The maximum absolute atomic E-state index is 5.87. The molecule has 0 aromatic heterocycles. The Kier molecular flexibility index (Phi) is 6.64. The fourth-order valence-electron chi connectivity index (χ4n) is 2.64. The van der Waals surface area contributed by atoms with Gasteiger partial charge in [0, 0.05) is 18.4 Å². The molecule has 0 N–H and O–H groups in total. The van der Waals surface area contributed by atoms with Gasteiger partial charge in [0.2, 0.25) is 0 Å². The molecule has 0 saturated carbocycles. The highest BCUT2D eigenvalue weighted by atomic mass is 16.5. The van der Waals surface area contributed by atoms with Crippen LogP contribution in [0, 0.1) is 5.41 Å². The Morgan fingerprint density at radius 2 is 2.05 bits per heavy atom. The summed E-state index contributed by atoms with van der Waals surface area (Å²) in [5.74, 6) is 0.901. The van der Waals surface area contributed by atoms with Gasteiger partial charge < -0.3 is 9.47 Å². The summed E-state index contributed by atoms with van der Waals surface area (Å²) in [5, 5.41) is 0. The predicted molar refractivity (Wildman–Crippen MR) is 81.1 cm³/mol. The highest BCUT2D eigenvalue weighted by Crippen LogP contribution is 2.34. The van der Waals surface area contributed by atoms with Crippen molar-refractivity contribution >= 4 is 0 Å². The smallest absolute Gasteiger partial charge is 0.0932 e. The third-order valence-corrected chi connectivity index (χ3v) is 3.87. The zero-order valence-corrected chi connectivity index (χ0v) is 13.0. The first-order chi connectivity index (χ1) is 8.95. The first kappa shape index (κ1) is 16.3. The van der Waals surface area contributed by atoms with Crippen LogP contribution in [0.3, 0.4) is 0 Å². The summed E-state index contributed by atoms with van der Waals surface area (Å²) in [7, 11) is 0. The van der Waals surface area contributed by atoms with Gasteiger partial charge in [-0.15, -0.1) is 0 Å². The van der Waals surface area contributed by atoms with E-state index in [1.165, 1.54) is 12.0 Å². The van der Waals surface area contributed by atoms with Crippen molar-refractivity contribution in [2.45, 2.75) is 65.4 Å². The number of hydrogen-bond acceptors (Lipinski definition) is 2. The summed E-state index contributed by atoms with van der Waals surface area (Å²) in [6, 6.07) is 0. The van der Waals surface area contributed by atoms with Crippen LogP contribution in [0.4, 0.5) is 0 Å². The van der Waals surface area contributed by atoms with Crippen LogP contribution in [0.5, 0.6) is 0 Å². The molecule has 1 rings (SSSR count). The Bertz CT molecular complexity index is 308. The van der Waals surface area contributed by atoms with E-state index in [1.807, 2.05) is 0 Å². The molecule has 1 aliphatic heterocycles. The van der Waals surface area contributed by atoms with E-state index >= 15 is 0 Å². The Hall–Kier alpha value is -0.760. The SMILES string of the molecule is C=C(CCC)CCC(=C)OCC1(C)CCOC(C)C1. The summed E-state index contributed by atoms with van der Waals surface area (Å²) < 4.78 is 11.5. The van der Waals surface area contributed by atoms with Gasteiger partial charge in [0.15, 0.2) is 0 Å². The highest BCUT2D eigenvalue weighted by molar-refractivity contribution is 4.98. The molecule has 1 saturated heterocycles. The van der Waals surface area contributed by atoms with Gasteiger partial charge in [-0.05, 0) is 32.6 Å². The van der Waals surface area contributed by atoms with Gasteiger partial charge in [-0.3, -0.25) is 0 Å². The van der Waals surface area contributed by atoms with Crippen molar-refractivity contribution in [2.24, 2.45) is 5.41 Å². The van der Waals surface area contributed by atoms with Gasteiger partial charge in [0.25, 0.3) is 0 Å². The van der Waals surface area contributed by atoms with E-state index < -0.39 is 0 Å². The minimum atomic E-state index is 0.237. The molecule has 0 bridgehead atoms. The average Bonchev–Trinajstić information content (AvgIpc) is 2.34. The number of allylic oxidation sites excluding steroid dienone is 2. The van der Waals surface area contributed by atoms with Crippen molar-refractivity contribution in [3.63, 3.8) is 0 Å². The summed E-state index contributed by atoms with van der Waals surface area (Å²) in [6.07, 6.45) is 6.68. The summed E-state index contributed by atoms with van der Waals surface area (Å²) in [4.78, 5) is 0. The molecule has 0 aromatic rings. The van der Waals surface area contributed by atoms with Gasteiger partial charge in [-0.2, -0.15) is 0 Å². The zero-order valence-electron chi connectivity index (χ0n) is 13.0. The van der Waals surface area contributed by atoms with E-state index in [9.17, 15) is 0 Å². The van der Waals surface area contributed by atoms with Gasteiger partial charge in [-0.1, -0.05) is 39.0 Å². The standard InChI is InChI=1S/C17H30O2/c1-6-7-14(2)8-9-15(3)19-13-17(5)10-11-18-16(4)12-17/h16H,2-3,6-13H2,1,4-5H3. The van der Waals surface area contributed by atoms with E-state index in [4.69, 9.17) is 9.47 Å². The van der Waals surface area contributed by atoms with E-state index in [0.29, 0.717) is 6.10 Å². The maximum Gasteiger partial charge on any atom is 0.0932 e. The predicted octanol–water partition coefficient (Wildman–Crippen LogP) is 4.86. The fraction of sp³-hybridized carbons (Fsp3) is 0.765. The van der Waals surface area contributed by atoms with Crippen LogP contribution in [0.2, 0.25) is 0 Å². The Labute approximate surface area is 118 Å². The largest absolute Gasteiger partial charge is 0.498 e. The average molecular weight is 266 g/mol. The molecule has 19 heavy (non-hydrogen) atoms. The van der Waals surface area contributed by atoms with Crippen LogP contribution < -0.4 is 0 Å². The van der Waals surface area contributed by atoms with E-state index in [-0.39, 0.29) is 5.41 Å². The van der Waals surface area contributed by atoms with Crippen molar-refractivity contribution in [2.75, 3.05) is 13.2 Å². The molecule has 0 amide bonds. The molecule has 1 aliphatic rings. The van der Waals surface area contributed by atoms with Crippen molar-refractivity contribution in [3.8, 4) is 0 Å². The Morgan fingerprint density at radius 3 is 2.68 bits per heavy atom. The summed E-state index contributed by atoms with van der Waals surface area (Å²) >= 11 is 0. The normalized spacial score (nSPS) is 27.0. The van der Waals surface area contributed by atoms with Crippen molar-refractivity contribution in [1.82, 2.24) is 0 Å². The number of hydrogen-bond donors (Lipinski definition) is 0. The second-order valence-corrected chi connectivity index (χ2v) is 6.27. The minimum Gasteiger partial charge on any atom is -0.498 e. The van der Waals surface area contributed by atoms with Gasteiger partial charge >= 0.3 is 0 Å². The molecule has 1 fully saturated rings. The maximum atomic E-state index is 5.87. The number of rotatable bonds is 8. The lowest BCUT2D eigenvalue weighted by Crippen LogP contribution is -2.35. The topological polar surface area (TPSA) is 18.5 Å². The van der Waals surface area contributed by atoms with Gasteiger partial charge in [0.1, 0.15) is 0 Å². The third-order valence-electron chi connectivity index (χ3n) is 3.87. The van der Waals surface area contributed by atoms with Crippen LogP contribution in [0.15, 0.2) is 24.5 Å². The molecule has 0 aromatic carbocycles. The van der Waals surface area contributed by atoms with Crippen LogP contribution in [0.1, 0.15) is 59.3 Å². The van der Waals surface area contributed by atoms with Crippen molar-refractivity contribution in [3.05, 3.63) is 24.5 Å².